The van der Waals surface area contributed by atoms with E-state index in [-0.39, 0.29) is 19.1 Å². The van der Waals surface area contributed by atoms with Crippen LogP contribution >= 0.6 is 0 Å². The Bertz CT molecular complexity index is 1610. The van der Waals surface area contributed by atoms with Gasteiger partial charge in [0.15, 0.2) is 0 Å². The molecule has 1 saturated heterocycles. The van der Waals surface area contributed by atoms with Crippen LogP contribution < -0.4 is 9.64 Å². The zero-order valence-corrected chi connectivity index (χ0v) is 21.0. The Kier molecular flexibility index (Phi) is 7.19. The van der Waals surface area contributed by atoms with Gasteiger partial charge in [0.25, 0.3) is 5.91 Å². The number of aromatic amines is 1. The molecule has 1 aliphatic rings. The van der Waals surface area contributed by atoms with E-state index in [0.717, 1.165) is 57.8 Å². The fourth-order valence-corrected chi connectivity index (χ4v) is 5.03. The Balaban J connectivity index is 0.00000308. The molecule has 8 heteroatoms. The quantitative estimate of drug-likeness (QED) is 0.312. The Morgan fingerprint density at radius 3 is 2.49 bits per heavy atom. The number of pyridine rings is 2. The number of para-hydroxylation sites is 1. The Hall–Kier alpha value is -4.85. The van der Waals surface area contributed by atoms with Crippen LogP contribution in [0.5, 0.6) is 11.5 Å². The van der Waals surface area contributed by atoms with Gasteiger partial charge in [0.1, 0.15) is 17.1 Å². The van der Waals surface area contributed by atoms with Gasteiger partial charge in [-0.15, -0.1) is 0 Å². The number of aromatic hydroxyl groups is 1. The molecule has 0 unspecified atom stereocenters. The Morgan fingerprint density at radius 1 is 0.949 bits per heavy atom. The van der Waals surface area contributed by atoms with Crippen LogP contribution in [0.1, 0.15) is 17.8 Å². The smallest absolute Gasteiger partial charge is 0.257 e. The molecule has 0 spiro atoms. The number of carbonyl (C=O) groups is 1. The number of rotatable bonds is 5. The van der Waals surface area contributed by atoms with Crippen molar-refractivity contribution in [3.63, 3.8) is 0 Å². The van der Waals surface area contributed by atoms with Crippen molar-refractivity contribution in [2.45, 2.75) is 7.43 Å². The van der Waals surface area contributed by atoms with Gasteiger partial charge in [0.05, 0.1) is 12.7 Å². The van der Waals surface area contributed by atoms with Crippen molar-refractivity contribution in [2.24, 2.45) is 0 Å². The molecule has 198 valence electrons. The summed E-state index contributed by atoms with van der Waals surface area (Å²) in [6.45, 7) is 2.58. The number of H-pyrrole nitrogens is 1. The number of fused-ring (bicyclic) bond motifs is 1. The van der Waals surface area contributed by atoms with Crippen molar-refractivity contribution in [3.8, 4) is 33.8 Å². The first kappa shape index (κ1) is 25.8. The van der Waals surface area contributed by atoms with Gasteiger partial charge in [0, 0.05) is 78.7 Å². The summed E-state index contributed by atoms with van der Waals surface area (Å²) < 4.78 is 5.57. The minimum Gasteiger partial charge on any atom is -0.507 e. The average molecular weight is 522 g/mol. The fraction of sp³-hybridized carbons (Fsp3) is 0.194. The number of aromatic nitrogens is 3. The van der Waals surface area contributed by atoms with E-state index in [1.807, 2.05) is 48.7 Å². The molecule has 3 aromatic heterocycles. The van der Waals surface area contributed by atoms with Crippen LogP contribution in [0.4, 0.5) is 5.69 Å². The van der Waals surface area contributed by atoms with E-state index in [1.54, 1.807) is 42.7 Å². The molecule has 39 heavy (non-hydrogen) atoms. The highest BCUT2D eigenvalue weighted by Gasteiger charge is 2.25. The van der Waals surface area contributed by atoms with Gasteiger partial charge in [0.2, 0.25) is 0 Å². The highest BCUT2D eigenvalue weighted by molar-refractivity contribution is 6.00. The topological polar surface area (TPSA) is 94.6 Å². The monoisotopic (exact) mass is 521 g/mol. The Morgan fingerprint density at radius 2 is 1.72 bits per heavy atom. The molecule has 0 saturated carbocycles. The molecule has 2 N–H and O–H groups in total. The minimum absolute atomic E-state index is 0. The summed E-state index contributed by atoms with van der Waals surface area (Å²) in [6.07, 6.45) is 7.25. The third-order valence-corrected chi connectivity index (χ3v) is 7.08. The van der Waals surface area contributed by atoms with Gasteiger partial charge in [-0.25, -0.2) is 4.98 Å². The van der Waals surface area contributed by atoms with Crippen LogP contribution in [0.25, 0.3) is 33.3 Å². The van der Waals surface area contributed by atoms with Crippen LogP contribution in [0.3, 0.4) is 0 Å². The second-order valence-electron chi connectivity index (χ2n) is 9.24. The standard InChI is InChI=1S/C30H27N5O3.CH4/c1-38-28-5-3-2-4-23(28)26-19-33-29-24(26)17-21(18-32-29)20-6-7-27(36)25(16-20)30(37)35-14-12-34(13-15-35)22-8-10-31-11-9-22;/h2-11,16-19,36H,12-15H2,1H3,(H,32,33);1H4. The van der Waals surface area contributed by atoms with Crippen LogP contribution in [0, 0.1) is 0 Å². The molecule has 6 rings (SSSR count). The number of carbonyl (C=O) groups excluding carboxylic acids is 1. The second-order valence-corrected chi connectivity index (χ2v) is 9.24. The SMILES string of the molecule is C.COc1ccccc1-c1c[nH]c2ncc(-c3ccc(O)c(C(=O)N4CCN(c5ccncc5)CC4)c3)cc12. The normalized spacial score (nSPS) is 13.3. The molecule has 1 fully saturated rings. The summed E-state index contributed by atoms with van der Waals surface area (Å²) in [6, 6.07) is 19.0. The van der Waals surface area contributed by atoms with E-state index in [4.69, 9.17) is 4.74 Å². The molecule has 1 amide bonds. The first-order valence-electron chi connectivity index (χ1n) is 12.5. The number of piperazine rings is 1. The highest BCUT2D eigenvalue weighted by Crippen LogP contribution is 2.36. The maximum atomic E-state index is 13.4. The van der Waals surface area contributed by atoms with Gasteiger partial charge in [-0.2, -0.15) is 0 Å². The zero-order chi connectivity index (χ0) is 26.1. The number of nitrogens with one attached hydrogen (secondary N) is 1. The molecular formula is C31H31N5O3. The van der Waals surface area contributed by atoms with E-state index in [2.05, 4.69) is 25.9 Å². The van der Waals surface area contributed by atoms with Crippen molar-refractivity contribution in [3.05, 3.63) is 91.0 Å². The van der Waals surface area contributed by atoms with Gasteiger partial charge in [-0.3, -0.25) is 9.78 Å². The van der Waals surface area contributed by atoms with Crippen molar-refractivity contribution < 1.29 is 14.6 Å². The number of nitrogens with zero attached hydrogens (tertiary/aromatic N) is 4. The number of methoxy groups -OCH3 is 1. The lowest BCUT2D eigenvalue weighted by molar-refractivity contribution is 0.0744. The van der Waals surface area contributed by atoms with Crippen LogP contribution in [0.15, 0.2) is 85.5 Å². The molecule has 0 bridgehead atoms. The third kappa shape index (κ3) is 4.88. The Labute approximate surface area is 227 Å². The van der Waals surface area contributed by atoms with Crippen molar-refractivity contribution in [2.75, 3.05) is 38.2 Å². The van der Waals surface area contributed by atoms with Gasteiger partial charge in [-0.1, -0.05) is 31.7 Å². The maximum absolute atomic E-state index is 13.4. The molecule has 0 atom stereocenters. The van der Waals surface area contributed by atoms with E-state index in [1.165, 1.54) is 0 Å². The lowest BCUT2D eigenvalue weighted by Gasteiger charge is -2.36. The first-order chi connectivity index (χ1) is 18.6. The molecule has 1 aliphatic heterocycles. The molecular weight excluding hydrogens is 490 g/mol. The number of hydrogen-bond donors (Lipinski definition) is 2. The van der Waals surface area contributed by atoms with E-state index in [9.17, 15) is 9.90 Å². The van der Waals surface area contributed by atoms with Crippen LogP contribution in [-0.2, 0) is 0 Å². The second kappa shape index (κ2) is 10.9. The molecule has 8 nitrogen and oxygen atoms in total. The number of benzene rings is 2. The lowest BCUT2D eigenvalue weighted by atomic mass is 9.99. The van der Waals surface area contributed by atoms with Gasteiger partial charge >= 0.3 is 0 Å². The highest BCUT2D eigenvalue weighted by atomic mass is 16.5. The predicted octanol–water partition coefficient (Wildman–Crippen LogP) is 5.60. The molecule has 4 heterocycles. The summed E-state index contributed by atoms with van der Waals surface area (Å²) in [4.78, 5) is 29.4. The summed E-state index contributed by atoms with van der Waals surface area (Å²) >= 11 is 0. The number of ether oxygens (including phenoxy) is 1. The fourth-order valence-electron chi connectivity index (χ4n) is 5.03. The third-order valence-electron chi connectivity index (χ3n) is 7.08. The van der Waals surface area contributed by atoms with Crippen LogP contribution in [-0.4, -0.2) is 64.2 Å². The number of phenolic OH excluding ortho intramolecular Hbond substituents is 1. The number of anilines is 1. The molecule has 5 aromatic rings. The van der Waals surface area contributed by atoms with Gasteiger partial charge in [-0.05, 0) is 42.0 Å². The lowest BCUT2D eigenvalue weighted by Crippen LogP contribution is -2.48. The van der Waals surface area contributed by atoms with Crippen molar-refractivity contribution >= 4 is 22.6 Å². The summed E-state index contributed by atoms with van der Waals surface area (Å²) in [7, 11) is 1.66. The van der Waals surface area contributed by atoms with E-state index in [0.29, 0.717) is 18.7 Å². The molecule has 0 radical (unpaired) electrons. The summed E-state index contributed by atoms with van der Waals surface area (Å²) in [5, 5.41) is 11.5. The summed E-state index contributed by atoms with van der Waals surface area (Å²) in [5.41, 5.74) is 5.75. The molecule has 2 aromatic carbocycles. The molecule has 0 aliphatic carbocycles. The average Bonchev–Trinajstić information content (AvgIpc) is 3.41. The summed E-state index contributed by atoms with van der Waals surface area (Å²) in [5.74, 6) is 0.574. The first-order valence-corrected chi connectivity index (χ1v) is 12.5. The number of phenols is 1. The van der Waals surface area contributed by atoms with Gasteiger partial charge < -0.3 is 24.6 Å². The number of amides is 1. The minimum atomic E-state index is -0.177. The predicted molar refractivity (Wildman–Crippen MR) is 154 cm³/mol. The van der Waals surface area contributed by atoms with E-state index < -0.39 is 0 Å². The van der Waals surface area contributed by atoms with Crippen molar-refractivity contribution in [1.29, 1.82) is 0 Å². The van der Waals surface area contributed by atoms with Crippen LogP contribution in [0.2, 0.25) is 0 Å². The number of hydrogen-bond acceptors (Lipinski definition) is 6. The zero-order valence-electron chi connectivity index (χ0n) is 21.0. The maximum Gasteiger partial charge on any atom is 0.257 e. The largest absolute Gasteiger partial charge is 0.507 e. The van der Waals surface area contributed by atoms with E-state index >= 15 is 0 Å². The van der Waals surface area contributed by atoms with Crippen molar-refractivity contribution in [1.82, 2.24) is 19.9 Å².